The van der Waals surface area contributed by atoms with E-state index in [0.29, 0.717) is 16.8 Å². The Bertz CT molecular complexity index is 887. The Kier molecular flexibility index (Phi) is 3.02. The van der Waals surface area contributed by atoms with E-state index in [1.54, 1.807) is 6.07 Å². The van der Waals surface area contributed by atoms with Gasteiger partial charge in [-0.05, 0) is 29.7 Å². The van der Waals surface area contributed by atoms with Crippen LogP contribution in [0.25, 0.3) is 11.1 Å². The zero-order valence-corrected chi connectivity index (χ0v) is 13.7. The van der Waals surface area contributed by atoms with Crippen LogP contribution in [0.5, 0.6) is 0 Å². The summed E-state index contributed by atoms with van der Waals surface area (Å²) in [6, 6.07) is 14.0. The maximum absolute atomic E-state index is 13.9. The first-order valence-electron chi connectivity index (χ1n) is 8.16. The van der Waals surface area contributed by atoms with Gasteiger partial charge in [-0.3, -0.25) is 9.80 Å². The lowest BCUT2D eigenvalue weighted by atomic mass is 10.00. The smallest absolute Gasteiger partial charge is 0.141 e. The molecule has 5 heteroatoms. The van der Waals surface area contributed by atoms with Gasteiger partial charge in [0.25, 0.3) is 0 Å². The summed E-state index contributed by atoms with van der Waals surface area (Å²) in [4.78, 5) is 5.04. The van der Waals surface area contributed by atoms with Crippen LogP contribution in [0.2, 0.25) is 5.02 Å². The molecule has 0 bridgehead atoms. The Labute approximate surface area is 144 Å². The monoisotopic (exact) mass is 339 g/mol. The number of fused-ring (bicyclic) bond motifs is 1. The van der Waals surface area contributed by atoms with Gasteiger partial charge in [-0.2, -0.15) is 5.26 Å². The molecule has 3 aliphatic heterocycles. The van der Waals surface area contributed by atoms with Crippen molar-refractivity contribution in [1.82, 2.24) is 9.80 Å². The summed E-state index contributed by atoms with van der Waals surface area (Å²) in [5, 5.41) is 9.54. The fourth-order valence-electron chi connectivity index (χ4n) is 4.28. The summed E-state index contributed by atoms with van der Waals surface area (Å²) < 4.78 is 13.9. The normalized spacial score (nSPS) is 29.7. The molecule has 2 aromatic rings. The summed E-state index contributed by atoms with van der Waals surface area (Å²) >= 11 is 6.63. The van der Waals surface area contributed by atoms with E-state index in [0.717, 1.165) is 36.3 Å². The Morgan fingerprint density at radius 3 is 2.79 bits per heavy atom. The Morgan fingerprint density at radius 2 is 2.12 bits per heavy atom. The maximum atomic E-state index is 13.9. The first-order valence-corrected chi connectivity index (χ1v) is 8.54. The Balaban J connectivity index is 1.45. The van der Waals surface area contributed by atoms with E-state index in [9.17, 15) is 4.39 Å². The number of nitrogens with zero attached hydrogens (tertiary/aromatic N) is 3. The van der Waals surface area contributed by atoms with Gasteiger partial charge in [0, 0.05) is 30.7 Å². The number of halogens is 2. The van der Waals surface area contributed by atoms with Crippen molar-refractivity contribution in [3.63, 3.8) is 0 Å². The highest BCUT2D eigenvalue weighted by atomic mass is 35.5. The molecular weight excluding hydrogens is 325 g/mol. The number of hydrogen-bond donors (Lipinski definition) is 0. The summed E-state index contributed by atoms with van der Waals surface area (Å²) in [7, 11) is 0. The van der Waals surface area contributed by atoms with Gasteiger partial charge in [-0.25, -0.2) is 4.39 Å². The van der Waals surface area contributed by atoms with Crippen molar-refractivity contribution in [3.05, 3.63) is 58.4 Å². The zero-order valence-electron chi connectivity index (χ0n) is 12.9. The molecule has 0 N–H and O–H groups in total. The van der Waals surface area contributed by atoms with Crippen molar-refractivity contribution in [2.24, 2.45) is 0 Å². The maximum Gasteiger partial charge on any atom is 0.141 e. The molecule has 0 aliphatic carbocycles. The molecule has 3 nitrogen and oxygen atoms in total. The molecule has 120 valence electrons. The first-order chi connectivity index (χ1) is 11.7. The van der Waals surface area contributed by atoms with Crippen LogP contribution in [0.3, 0.4) is 0 Å². The van der Waals surface area contributed by atoms with Crippen molar-refractivity contribution in [1.29, 1.82) is 5.26 Å². The van der Waals surface area contributed by atoms with E-state index in [1.807, 2.05) is 24.3 Å². The predicted molar refractivity (Wildman–Crippen MR) is 89.8 cm³/mol. The molecule has 3 heterocycles. The molecule has 24 heavy (non-hydrogen) atoms. The molecular formula is C19H15ClFN3. The molecule has 4 unspecified atom stereocenters. The summed E-state index contributed by atoms with van der Waals surface area (Å²) in [5.74, 6) is -0.510. The Morgan fingerprint density at radius 1 is 1.25 bits per heavy atom. The molecule has 0 amide bonds. The lowest BCUT2D eigenvalue weighted by Crippen LogP contribution is -2.46. The van der Waals surface area contributed by atoms with Gasteiger partial charge in [-0.1, -0.05) is 35.9 Å². The second kappa shape index (κ2) is 5.03. The number of likely N-dealkylation sites (tertiary alicyclic amines) is 1. The lowest BCUT2D eigenvalue weighted by Gasteiger charge is -2.36. The molecule has 3 aliphatic rings. The second-order valence-corrected chi connectivity index (χ2v) is 7.19. The van der Waals surface area contributed by atoms with Crippen LogP contribution in [0.4, 0.5) is 4.39 Å². The second-order valence-electron chi connectivity index (χ2n) is 6.81. The highest BCUT2D eigenvalue weighted by Crippen LogP contribution is 2.53. The fraction of sp³-hybridized carbons (Fsp3) is 0.316. The topological polar surface area (TPSA) is 30.0 Å². The number of hydrogen-bond acceptors (Lipinski definition) is 3. The Hall–Kier alpha value is -1.93. The van der Waals surface area contributed by atoms with E-state index >= 15 is 0 Å². The van der Waals surface area contributed by atoms with Gasteiger partial charge in [0.05, 0.1) is 16.8 Å². The van der Waals surface area contributed by atoms with Crippen LogP contribution in [-0.4, -0.2) is 34.6 Å². The predicted octanol–water partition coefficient (Wildman–Crippen LogP) is 3.62. The average Bonchev–Trinajstić information content (AvgIpc) is 2.99. The summed E-state index contributed by atoms with van der Waals surface area (Å²) in [6.45, 7) is 1.96. The van der Waals surface area contributed by atoms with Crippen LogP contribution >= 0.6 is 11.6 Å². The fourth-order valence-corrected chi connectivity index (χ4v) is 4.57. The lowest BCUT2D eigenvalue weighted by molar-refractivity contribution is 0.0763. The molecule has 5 rings (SSSR count). The van der Waals surface area contributed by atoms with Gasteiger partial charge in [0.1, 0.15) is 11.9 Å². The highest BCUT2D eigenvalue weighted by molar-refractivity contribution is 6.34. The number of rotatable bonds is 3. The molecule has 0 saturated carbocycles. The standard InChI is InChI=1S/C19H15ClFN3/c20-19-13(9-23-10-17-16-7-18(23)24(16)17)2-1-3-14(19)11-4-5-12(8-22)15(21)6-11/h1-6,16-18H,7,9-10H2. The number of nitriles is 1. The highest BCUT2D eigenvalue weighted by Gasteiger charge is 2.67. The third-order valence-corrected chi connectivity index (χ3v) is 6.06. The van der Waals surface area contributed by atoms with Gasteiger partial charge in [-0.15, -0.1) is 0 Å². The average molecular weight is 340 g/mol. The van der Waals surface area contributed by atoms with E-state index in [2.05, 4.69) is 9.80 Å². The molecule has 2 aromatic carbocycles. The van der Waals surface area contributed by atoms with E-state index < -0.39 is 5.82 Å². The molecule has 0 radical (unpaired) electrons. The van der Waals surface area contributed by atoms with Crippen molar-refractivity contribution in [2.75, 3.05) is 6.54 Å². The molecule has 0 spiro atoms. The largest absolute Gasteiger partial charge is 0.282 e. The van der Waals surface area contributed by atoms with Crippen LogP contribution in [0.1, 0.15) is 17.5 Å². The third kappa shape index (κ3) is 1.96. The van der Waals surface area contributed by atoms with Gasteiger partial charge >= 0.3 is 0 Å². The molecule has 3 saturated heterocycles. The third-order valence-electron chi connectivity index (χ3n) is 5.61. The van der Waals surface area contributed by atoms with Crippen LogP contribution < -0.4 is 0 Å². The van der Waals surface area contributed by atoms with Crippen LogP contribution in [-0.2, 0) is 6.54 Å². The van der Waals surface area contributed by atoms with Crippen LogP contribution in [0.15, 0.2) is 36.4 Å². The van der Waals surface area contributed by atoms with Gasteiger partial charge < -0.3 is 0 Å². The molecule has 3 fully saturated rings. The van der Waals surface area contributed by atoms with Crippen molar-refractivity contribution < 1.29 is 4.39 Å². The number of benzene rings is 2. The molecule has 4 atom stereocenters. The van der Waals surface area contributed by atoms with E-state index in [4.69, 9.17) is 16.9 Å². The minimum absolute atomic E-state index is 0.0518. The summed E-state index contributed by atoms with van der Waals surface area (Å²) in [6.07, 6.45) is 1.87. The van der Waals surface area contributed by atoms with Gasteiger partial charge in [0.2, 0.25) is 0 Å². The van der Waals surface area contributed by atoms with Crippen LogP contribution in [0, 0.1) is 17.1 Å². The van der Waals surface area contributed by atoms with Crippen molar-refractivity contribution in [3.8, 4) is 17.2 Å². The SMILES string of the molecule is N#Cc1ccc(-c2cccc(CN3CC4C5CC3N54)c2Cl)cc1F. The van der Waals surface area contributed by atoms with Gasteiger partial charge in [0.15, 0.2) is 0 Å². The minimum atomic E-state index is -0.510. The van der Waals surface area contributed by atoms with Crippen molar-refractivity contribution >= 4 is 11.6 Å². The quantitative estimate of drug-likeness (QED) is 0.800. The first kappa shape index (κ1) is 14.4. The summed E-state index contributed by atoms with van der Waals surface area (Å²) in [5.41, 5.74) is 2.64. The van der Waals surface area contributed by atoms with E-state index in [-0.39, 0.29) is 5.56 Å². The zero-order chi connectivity index (χ0) is 16.4. The molecule has 0 aromatic heterocycles. The van der Waals surface area contributed by atoms with E-state index in [1.165, 1.54) is 18.6 Å². The minimum Gasteiger partial charge on any atom is -0.282 e. The number of piperidine rings is 1. The van der Waals surface area contributed by atoms with Crippen molar-refractivity contribution in [2.45, 2.75) is 31.2 Å².